The molecule has 0 saturated heterocycles. The fraction of sp³-hybridized carbons (Fsp3) is 0.286. The molecule has 0 spiro atoms. The molecule has 30 heavy (non-hydrogen) atoms. The Morgan fingerprint density at radius 2 is 1.77 bits per heavy atom. The lowest BCUT2D eigenvalue weighted by Crippen LogP contribution is -2.41. The van der Waals surface area contributed by atoms with Crippen molar-refractivity contribution >= 4 is 27.3 Å². The Bertz CT molecular complexity index is 1030. The molecular weight excluding hydrogens is 406 g/mol. The van der Waals surface area contributed by atoms with Gasteiger partial charge in [0.1, 0.15) is 6.54 Å². The molecule has 0 bridgehead atoms. The third-order valence-electron chi connectivity index (χ3n) is 4.86. The first-order valence-corrected chi connectivity index (χ1v) is 11.1. The van der Waals surface area contributed by atoms with E-state index in [1.807, 2.05) is 0 Å². The van der Waals surface area contributed by atoms with Crippen molar-refractivity contribution in [3.63, 3.8) is 0 Å². The van der Waals surface area contributed by atoms with Crippen LogP contribution < -0.4 is 9.62 Å². The van der Waals surface area contributed by atoms with Crippen molar-refractivity contribution in [2.45, 2.75) is 30.6 Å². The Labute approximate surface area is 175 Å². The van der Waals surface area contributed by atoms with Crippen LogP contribution in [0.5, 0.6) is 0 Å². The summed E-state index contributed by atoms with van der Waals surface area (Å²) >= 11 is 0. The molecule has 2 aromatic rings. The summed E-state index contributed by atoms with van der Waals surface area (Å²) < 4.78 is 27.4. The van der Waals surface area contributed by atoms with Gasteiger partial charge in [-0.15, -0.1) is 0 Å². The van der Waals surface area contributed by atoms with Gasteiger partial charge in [0, 0.05) is 18.7 Å². The number of anilines is 1. The average Bonchev–Trinajstić information content (AvgIpc) is 2.77. The zero-order valence-electron chi connectivity index (χ0n) is 16.4. The van der Waals surface area contributed by atoms with E-state index in [9.17, 15) is 23.3 Å². The first kappa shape index (κ1) is 21.5. The van der Waals surface area contributed by atoms with Gasteiger partial charge in [-0.2, -0.15) is 0 Å². The minimum Gasteiger partial charge on any atom is -0.351 e. The first-order valence-electron chi connectivity index (χ1n) is 9.65. The fourth-order valence-corrected chi connectivity index (χ4v) is 4.68. The quantitative estimate of drug-likeness (QED) is 0.393. The molecule has 9 heteroatoms. The topological polar surface area (TPSA) is 110 Å². The molecule has 8 nitrogen and oxygen atoms in total. The van der Waals surface area contributed by atoms with Gasteiger partial charge in [-0.3, -0.25) is 19.2 Å². The summed E-state index contributed by atoms with van der Waals surface area (Å²) in [4.78, 5) is 23.0. The number of non-ortho nitro benzene ring substituents is 1. The highest BCUT2D eigenvalue weighted by molar-refractivity contribution is 7.92. The maximum Gasteiger partial charge on any atom is 0.269 e. The van der Waals surface area contributed by atoms with E-state index in [1.165, 1.54) is 36.4 Å². The van der Waals surface area contributed by atoms with Crippen LogP contribution in [0.25, 0.3) is 0 Å². The monoisotopic (exact) mass is 429 g/mol. The van der Waals surface area contributed by atoms with E-state index in [0.717, 1.165) is 35.6 Å². The summed E-state index contributed by atoms with van der Waals surface area (Å²) in [5, 5.41) is 13.7. The number of benzene rings is 2. The lowest BCUT2D eigenvalue weighted by atomic mass is 10.00. The van der Waals surface area contributed by atoms with Crippen LogP contribution in [0.2, 0.25) is 0 Å². The molecule has 1 amide bonds. The molecule has 1 N–H and O–H groups in total. The van der Waals surface area contributed by atoms with Crippen molar-refractivity contribution in [1.29, 1.82) is 0 Å². The molecule has 0 unspecified atom stereocenters. The predicted molar refractivity (Wildman–Crippen MR) is 114 cm³/mol. The van der Waals surface area contributed by atoms with E-state index in [1.54, 1.807) is 18.2 Å². The van der Waals surface area contributed by atoms with Crippen molar-refractivity contribution in [2.24, 2.45) is 0 Å². The van der Waals surface area contributed by atoms with Crippen LogP contribution in [0.15, 0.2) is 71.1 Å². The second kappa shape index (κ2) is 9.53. The molecule has 0 atom stereocenters. The minimum atomic E-state index is -4.04. The third kappa shape index (κ3) is 5.24. The molecule has 2 aromatic carbocycles. The van der Waals surface area contributed by atoms with Crippen molar-refractivity contribution in [2.75, 3.05) is 17.4 Å². The highest BCUT2D eigenvalue weighted by Crippen LogP contribution is 2.25. The Morgan fingerprint density at radius 3 is 2.37 bits per heavy atom. The van der Waals surface area contributed by atoms with Crippen LogP contribution in [-0.4, -0.2) is 32.3 Å². The minimum absolute atomic E-state index is 0.0335. The van der Waals surface area contributed by atoms with E-state index >= 15 is 0 Å². The van der Waals surface area contributed by atoms with E-state index < -0.39 is 27.4 Å². The standard InChI is InChI=1S/C21H23N3O5S/c25-21(22-15-17-7-3-1-4-8-17)16-23(18-11-13-19(14-12-18)24(26)27)30(28,29)20-9-5-2-6-10-20/h2,5-7,9-14H,1,3-4,8,15-16H2,(H,22,25). The van der Waals surface area contributed by atoms with Crippen molar-refractivity contribution in [3.05, 3.63) is 76.4 Å². The predicted octanol–water partition coefficient (Wildman–Crippen LogP) is 3.41. The molecule has 0 saturated carbocycles. The van der Waals surface area contributed by atoms with Crippen LogP contribution >= 0.6 is 0 Å². The number of nitro groups is 1. The van der Waals surface area contributed by atoms with Crippen LogP contribution in [0.1, 0.15) is 25.7 Å². The molecule has 0 aromatic heterocycles. The molecule has 158 valence electrons. The Balaban J connectivity index is 1.84. The Kier molecular flexibility index (Phi) is 6.83. The Hall–Kier alpha value is -3.20. The summed E-state index contributed by atoms with van der Waals surface area (Å²) in [7, 11) is -4.04. The van der Waals surface area contributed by atoms with Crippen LogP contribution in [0.3, 0.4) is 0 Å². The van der Waals surface area contributed by atoms with Crippen molar-refractivity contribution in [3.8, 4) is 0 Å². The van der Waals surface area contributed by atoms with Gasteiger partial charge >= 0.3 is 0 Å². The van der Waals surface area contributed by atoms with E-state index in [4.69, 9.17) is 0 Å². The number of hydrogen-bond acceptors (Lipinski definition) is 5. The number of hydrogen-bond donors (Lipinski definition) is 1. The zero-order chi connectivity index (χ0) is 21.6. The second-order valence-corrected chi connectivity index (χ2v) is 8.85. The summed E-state index contributed by atoms with van der Waals surface area (Å²) in [6, 6.07) is 12.9. The van der Waals surface area contributed by atoms with Gasteiger partial charge in [-0.1, -0.05) is 29.8 Å². The molecular formula is C21H23N3O5S. The number of carbonyl (C=O) groups excluding carboxylic acids is 1. The van der Waals surface area contributed by atoms with Gasteiger partial charge in [0.15, 0.2) is 0 Å². The third-order valence-corrected chi connectivity index (χ3v) is 6.65. The number of rotatable bonds is 8. The van der Waals surface area contributed by atoms with Crippen LogP contribution in [0.4, 0.5) is 11.4 Å². The molecule has 3 rings (SSSR count). The van der Waals surface area contributed by atoms with Crippen molar-refractivity contribution < 1.29 is 18.1 Å². The van der Waals surface area contributed by atoms with Gasteiger partial charge in [-0.05, 0) is 49.9 Å². The number of amides is 1. The molecule has 0 heterocycles. The SMILES string of the molecule is O=C(CN(c1ccc([N+](=O)[O-])cc1)S(=O)(=O)c1ccccc1)NCC1=CCCCC1. The van der Waals surface area contributed by atoms with E-state index in [-0.39, 0.29) is 16.3 Å². The molecule has 0 aliphatic heterocycles. The average molecular weight is 429 g/mol. The maximum atomic E-state index is 13.2. The zero-order valence-corrected chi connectivity index (χ0v) is 17.2. The summed E-state index contributed by atoms with van der Waals surface area (Å²) in [6.07, 6.45) is 6.25. The van der Waals surface area contributed by atoms with Crippen LogP contribution in [0, 0.1) is 10.1 Å². The van der Waals surface area contributed by atoms with Gasteiger partial charge in [-0.25, -0.2) is 8.42 Å². The van der Waals surface area contributed by atoms with Gasteiger partial charge < -0.3 is 5.32 Å². The number of allylic oxidation sites excluding steroid dienone is 1. The fourth-order valence-electron chi connectivity index (χ4n) is 3.24. The van der Waals surface area contributed by atoms with Crippen LogP contribution in [-0.2, 0) is 14.8 Å². The molecule has 1 aliphatic carbocycles. The first-order chi connectivity index (χ1) is 14.4. The summed E-state index contributed by atoms with van der Waals surface area (Å²) in [5.74, 6) is -0.445. The number of carbonyl (C=O) groups is 1. The van der Waals surface area contributed by atoms with Gasteiger partial charge in [0.2, 0.25) is 5.91 Å². The van der Waals surface area contributed by atoms with Gasteiger partial charge in [0.05, 0.1) is 15.5 Å². The largest absolute Gasteiger partial charge is 0.351 e. The number of nitrogens with one attached hydrogen (secondary N) is 1. The smallest absolute Gasteiger partial charge is 0.269 e. The normalized spacial score (nSPS) is 13.9. The van der Waals surface area contributed by atoms with Crippen molar-refractivity contribution in [1.82, 2.24) is 5.32 Å². The lowest BCUT2D eigenvalue weighted by molar-refractivity contribution is -0.384. The van der Waals surface area contributed by atoms with Gasteiger partial charge in [0.25, 0.3) is 15.7 Å². The maximum absolute atomic E-state index is 13.2. The van der Waals surface area contributed by atoms with E-state index in [0.29, 0.717) is 6.54 Å². The highest BCUT2D eigenvalue weighted by atomic mass is 32.2. The summed E-state index contributed by atoms with van der Waals surface area (Å²) in [5.41, 5.74) is 1.16. The molecule has 1 aliphatic rings. The number of nitro benzene ring substituents is 1. The molecule has 0 radical (unpaired) electrons. The lowest BCUT2D eigenvalue weighted by Gasteiger charge is -2.24. The Morgan fingerprint density at radius 1 is 1.07 bits per heavy atom. The van der Waals surface area contributed by atoms with E-state index in [2.05, 4.69) is 11.4 Å². The highest BCUT2D eigenvalue weighted by Gasteiger charge is 2.27. The molecule has 0 fully saturated rings. The number of nitrogens with zero attached hydrogens (tertiary/aromatic N) is 2. The second-order valence-electron chi connectivity index (χ2n) is 6.98. The number of sulfonamides is 1. The summed E-state index contributed by atoms with van der Waals surface area (Å²) in [6.45, 7) is -0.0410.